The van der Waals surface area contributed by atoms with Gasteiger partial charge in [-0.3, -0.25) is 0 Å². The number of halogens is 1. The molecule has 0 spiro atoms. The molecule has 21 heavy (non-hydrogen) atoms. The van der Waals surface area contributed by atoms with Crippen LogP contribution in [0, 0.1) is 11.8 Å². The van der Waals surface area contributed by atoms with Crippen molar-refractivity contribution in [3.63, 3.8) is 0 Å². The summed E-state index contributed by atoms with van der Waals surface area (Å²) in [7, 11) is 1.70. The maximum Gasteiger partial charge on any atom is 0.127 e. The van der Waals surface area contributed by atoms with Crippen LogP contribution >= 0.6 is 11.6 Å². The summed E-state index contributed by atoms with van der Waals surface area (Å²) in [4.78, 5) is 4.77. The van der Waals surface area contributed by atoms with Gasteiger partial charge in [0, 0.05) is 12.1 Å². The SMILES string of the molecule is COc1ccc2nc(C(C)Cl)n(C3CCC(C)C3C)c2c1. The van der Waals surface area contributed by atoms with E-state index in [1.54, 1.807) is 7.11 Å². The lowest BCUT2D eigenvalue weighted by molar-refractivity contribution is 0.351. The highest BCUT2D eigenvalue weighted by Gasteiger charge is 2.34. The van der Waals surface area contributed by atoms with Crippen molar-refractivity contribution in [1.29, 1.82) is 0 Å². The second-order valence-electron chi connectivity index (χ2n) is 6.29. The van der Waals surface area contributed by atoms with Crippen molar-refractivity contribution in [2.75, 3.05) is 7.11 Å². The molecule has 0 radical (unpaired) electrons. The Labute approximate surface area is 131 Å². The van der Waals surface area contributed by atoms with Crippen molar-refractivity contribution in [1.82, 2.24) is 9.55 Å². The van der Waals surface area contributed by atoms with Gasteiger partial charge >= 0.3 is 0 Å². The third kappa shape index (κ3) is 2.42. The summed E-state index contributed by atoms with van der Waals surface area (Å²) in [6, 6.07) is 6.55. The molecule has 1 aromatic carbocycles. The Balaban J connectivity index is 2.19. The summed E-state index contributed by atoms with van der Waals surface area (Å²) < 4.78 is 7.75. The van der Waals surface area contributed by atoms with Crippen molar-refractivity contribution < 1.29 is 4.74 Å². The number of aromatic nitrogens is 2. The van der Waals surface area contributed by atoms with Gasteiger partial charge < -0.3 is 9.30 Å². The van der Waals surface area contributed by atoms with Gasteiger partial charge in [-0.15, -0.1) is 11.6 Å². The van der Waals surface area contributed by atoms with E-state index in [4.69, 9.17) is 21.3 Å². The lowest BCUT2D eigenvalue weighted by Crippen LogP contribution is -2.17. The minimum atomic E-state index is -0.0912. The minimum Gasteiger partial charge on any atom is -0.497 e. The van der Waals surface area contributed by atoms with Gasteiger partial charge in [0.2, 0.25) is 0 Å². The summed E-state index contributed by atoms with van der Waals surface area (Å²) >= 11 is 6.40. The Morgan fingerprint density at radius 1 is 1.33 bits per heavy atom. The number of ether oxygens (including phenoxy) is 1. The van der Waals surface area contributed by atoms with E-state index in [9.17, 15) is 0 Å². The Hall–Kier alpha value is -1.22. The van der Waals surface area contributed by atoms with Gasteiger partial charge in [-0.25, -0.2) is 4.98 Å². The van der Waals surface area contributed by atoms with Crippen LogP contribution in [0.4, 0.5) is 0 Å². The fourth-order valence-corrected chi connectivity index (χ4v) is 3.70. The lowest BCUT2D eigenvalue weighted by Gasteiger charge is -2.23. The summed E-state index contributed by atoms with van der Waals surface area (Å²) in [5.74, 6) is 3.24. The van der Waals surface area contributed by atoms with Crippen molar-refractivity contribution >= 4 is 22.6 Å². The molecule has 2 aromatic rings. The standard InChI is InChI=1S/C17H23ClN2O/c1-10-5-8-15(11(10)2)20-16-9-13(21-4)6-7-14(16)19-17(20)12(3)18/h6-7,9-12,15H,5,8H2,1-4H3. The number of fused-ring (bicyclic) bond motifs is 1. The normalized spacial score (nSPS) is 27.2. The molecule has 1 heterocycles. The molecule has 3 rings (SSSR count). The van der Waals surface area contributed by atoms with Crippen LogP contribution in [0.5, 0.6) is 5.75 Å². The molecule has 0 saturated heterocycles. The van der Waals surface area contributed by atoms with Crippen molar-refractivity contribution in [2.24, 2.45) is 11.8 Å². The first-order chi connectivity index (χ1) is 10.0. The Bertz CT molecular complexity index is 650. The zero-order valence-electron chi connectivity index (χ0n) is 13.1. The van der Waals surface area contributed by atoms with E-state index >= 15 is 0 Å². The van der Waals surface area contributed by atoms with Crippen LogP contribution in [0.15, 0.2) is 18.2 Å². The molecule has 0 N–H and O–H groups in total. The fraction of sp³-hybridized carbons (Fsp3) is 0.588. The van der Waals surface area contributed by atoms with Gasteiger partial charge in [-0.1, -0.05) is 13.8 Å². The van der Waals surface area contributed by atoms with Gasteiger partial charge in [-0.2, -0.15) is 0 Å². The topological polar surface area (TPSA) is 27.1 Å². The van der Waals surface area contributed by atoms with E-state index in [0.29, 0.717) is 12.0 Å². The van der Waals surface area contributed by atoms with Crippen LogP contribution in [-0.4, -0.2) is 16.7 Å². The highest BCUT2D eigenvalue weighted by Crippen LogP contribution is 2.43. The molecular weight excluding hydrogens is 284 g/mol. The van der Waals surface area contributed by atoms with Gasteiger partial charge in [0.15, 0.2) is 0 Å². The zero-order chi connectivity index (χ0) is 15.1. The molecule has 0 bridgehead atoms. The van der Waals surface area contributed by atoms with E-state index in [1.165, 1.54) is 12.8 Å². The van der Waals surface area contributed by atoms with Crippen LogP contribution in [0.2, 0.25) is 0 Å². The molecule has 4 atom stereocenters. The third-order valence-electron chi connectivity index (χ3n) is 5.03. The molecule has 0 aliphatic heterocycles. The molecule has 1 aliphatic rings. The van der Waals surface area contributed by atoms with Gasteiger partial charge in [0.1, 0.15) is 11.6 Å². The molecule has 114 valence electrons. The second kappa shape index (κ2) is 5.53. The maximum atomic E-state index is 6.40. The van der Waals surface area contributed by atoms with Gasteiger partial charge in [0.25, 0.3) is 0 Å². The number of benzene rings is 1. The van der Waals surface area contributed by atoms with E-state index in [0.717, 1.165) is 28.5 Å². The van der Waals surface area contributed by atoms with E-state index in [1.807, 2.05) is 19.1 Å². The summed E-state index contributed by atoms with van der Waals surface area (Å²) in [6.07, 6.45) is 2.47. The molecule has 3 nitrogen and oxygen atoms in total. The van der Waals surface area contributed by atoms with Gasteiger partial charge in [-0.05, 0) is 43.7 Å². The molecule has 1 aromatic heterocycles. The van der Waals surface area contributed by atoms with Crippen LogP contribution in [0.3, 0.4) is 0 Å². The summed E-state index contributed by atoms with van der Waals surface area (Å²) in [5.41, 5.74) is 2.15. The number of hydrogen-bond donors (Lipinski definition) is 0. The Kier molecular flexibility index (Phi) is 3.87. The minimum absolute atomic E-state index is 0.0912. The first-order valence-corrected chi connectivity index (χ1v) is 8.16. The van der Waals surface area contributed by atoms with E-state index in [-0.39, 0.29) is 5.38 Å². The number of hydrogen-bond acceptors (Lipinski definition) is 2. The molecule has 4 unspecified atom stereocenters. The first-order valence-electron chi connectivity index (χ1n) is 7.73. The lowest BCUT2D eigenvalue weighted by atomic mass is 9.97. The highest BCUT2D eigenvalue weighted by atomic mass is 35.5. The molecule has 1 aliphatic carbocycles. The van der Waals surface area contributed by atoms with Crippen molar-refractivity contribution in [3.8, 4) is 5.75 Å². The number of alkyl halides is 1. The number of nitrogens with zero attached hydrogens (tertiary/aromatic N) is 2. The largest absolute Gasteiger partial charge is 0.497 e. The Morgan fingerprint density at radius 3 is 2.67 bits per heavy atom. The van der Waals surface area contributed by atoms with Crippen LogP contribution in [0.25, 0.3) is 11.0 Å². The molecule has 1 saturated carbocycles. The smallest absolute Gasteiger partial charge is 0.127 e. The van der Waals surface area contributed by atoms with Gasteiger partial charge in [0.05, 0.1) is 23.5 Å². The van der Waals surface area contributed by atoms with Crippen molar-refractivity contribution in [3.05, 3.63) is 24.0 Å². The molecule has 1 fully saturated rings. The summed E-state index contributed by atoms with van der Waals surface area (Å²) in [6.45, 7) is 6.69. The van der Waals surface area contributed by atoms with Crippen LogP contribution in [0.1, 0.15) is 50.9 Å². The second-order valence-corrected chi connectivity index (χ2v) is 6.95. The highest BCUT2D eigenvalue weighted by molar-refractivity contribution is 6.20. The number of imidazole rings is 1. The fourth-order valence-electron chi connectivity index (χ4n) is 3.55. The number of methoxy groups -OCH3 is 1. The van der Waals surface area contributed by atoms with E-state index in [2.05, 4.69) is 24.5 Å². The molecular formula is C17H23ClN2O. The predicted octanol–water partition coefficient (Wildman–Crippen LogP) is 4.95. The first kappa shape index (κ1) is 14.7. The van der Waals surface area contributed by atoms with E-state index < -0.39 is 0 Å². The number of rotatable bonds is 3. The maximum absolute atomic E-state index is 6.40. The third-order valence-corrected chi connectivity index (χ3v) is 5.23. The van der Waals surface area contributed by atoms with Crippen LogP contribution in [-0.2, 0) is 0 Å². The monoisotopic (exact) mass is 306 g/mol. The average Bonchev–Trinajstić information content (AvgIpc) is 3.00. The summed E-state index contributed by atoms with van der Waals surface area (Å²) in [5, 5.41) is -0.0912. The molecule has 4 heteroatoms. The van der Waals surface area contributed by atoms with Crippen LogP contribution < -0.4 is 4.74 Å². The van der Waals surface area contributed by atoms with Crippen molar-refractivity contribution in [2.45, 2.75) is 45.0 Å². The predicted molar refractivity (Wildman–Crippen MR) is 87.2 cm³/mol. The zero-order valence-corrected chi connectivity index (χ0v) is 13.9. The quantitative estimate of drug-likeness (QED) is 0.750. The average molecular weight is 307 g/mol. The Morgan fingerprint density at radius 2 is 2.10 bits per heavy atom. The molecule has 0 amide bonds.